The minimum Gasteiger partial charge on any atom is -0.392 e. The Morgan fingerprint density at radius 3 is 2.68 bits per heavy atom. The van der Waals surface area contributed by atoms with Crippen LogP contribution in [0.5, 0.6) is 0 Å². The van der Waals surface area contributed by atoms with Gasteiger partial charge in [0.15, 0.2) is 4.96 Å². The first-order chi connectivity index (χ1) is 9.35. The van der Waals surface area contributed by atoms with Crippen molar-refractivity contribution in [2.45, 2.75) is 19.7 Å². The smallest absolute Gasteiger partial charge is 0.193 e. The molecule has 2 aromatic heterocycles. The third-order valence-electron chi connectivity index (χ3n) is 2.98. The lowest BCUT2D eigenvalue weighted by Crippen LogP contribution is -2.12. The van der Waals surface area contributed by atoms with E-state index in [1.807, 2.05) is 46.4 Å². The monoisotopic (exact) mass is 273 g/mol. The van der Waals surface area contributed by atoms with Crippen LogP contribution in [0.15, 0.2) is 42.0 Å². The van der Waals surface area contributed by atoms with Crippen LogP contribution in [0.25, 0.3) is 4.96 Å². The quantitative estimate of drug-likeness (QED) is 0.749. The van der Waals surface area contributed by atoms with Crippen LogP contribution in [-0.4, -0.2) is 14.5 Å². The molecule has 2 N–H and O–H groups in total. The molecule has 0 spiro atoms. The van der Waals surface area contributed by atoms with Gasteiger partial charge >= 0.3 is 0 Å². The van der Waals surface area contributed by atoms with Gasteiger partial charge < -0.3 is 10.4 Å². The van der Waals surface area contributed by atoms with E-state index in [2.05, 4.69) is 10.3 Å². The summed E-state index contributed by atoms with van der Waals surface area (Å²) in [7, 11) is 0. The Morgan fingerprint density at radius 1 is 1.16 bits per heavy atom. The molecular formula is C14H15N3OS. The molecule has 5 heteroatoms. The summed E-state index contributed by atoms with van der Waals surface area (Å²) in [5.41, 5.74) is 3.20. The molecule has 19 heavy (non-hydrogen) atoms. The van der Waals surface area contributed by atoms with Gasteiger partial charge in [0.05, 0.1) is 12.3 Å². The number of hydrogen-bond donors (Lipinski definition) is 2. The Morgan fingerprint density at radius 2 is 1.95 bits per heavy atom. The molecule has 0 unspecified atom stereocenters. The normalized spacial score (nSPS) is 11.2. The summed E-state index contributed by atoms with van der Waals surface area (Å²) in [6.07, 6.45) is 4.07. The molecule has 0 bridgehead atoms. The number of aromatic nitrogens is 2. The molecule has 3 aromatic rings. The number of rotatable bonds is 5. The van der Waals surface area contributed by atoms with E-state index in [4.69, 9.17) is 5.11 Å². The molecule has 0 aliphatic rings. The summed E-state index contributed by atoms with van der Waals surface area (Å²) in [4.78, 5) is 5.55. The first-order valence-corrected chi connectivity index (χ1v) is 7.03. The van der Waals surface area contributed by atoms with E-state index < -0.39 is 0 Å². The van der Waals surface area contributed by atoms with E-state index in [9.17, 15) is 0 Å². The Bertz CT molecular complexity index is 628. The number of fused-ring (bicyclic) bond motifs is 1. The molecular weight excluding hydrogens is 258 g/mol. The highest BCUT2D eigenvalue weighted by Crippen LogP contribution is 2.11. The van der Waals surface area contributed by atoms with Crippen molar-refractivity contribution in [1.29, 1.82) is 0 Å². The van der Waals surface area contributed by atoms with Gasteiger partial charge in [0.2, 0.25) is 0 Å². The van der Waals surface area contributed by atoms with E-state index in [0.717, 1.165) is 29.3 Å². The fourth-order valence-electron chi connectivity index (χ4n) is 1.96. The second-order valence-electron chi connectivity index (χ2n) is 4.40. The number of nitrogens with zero attached hydrogens (tertiary/aromatic N) is 2. The molecule has 0 saturated carbocycles. The van der Waals surface area contributed by atoms with Crippen molar-refractivity contribution in [3.05, 3.63) is 58.9 Å². The van der Waals surface area contributed by atoms with Crippen molar-refractivity contribution in [1.82, 2.24) is 14.7 Å². The van der Waals surface area contributed by atoms with Gasteiger partial charge in [0.1, 0.15) is 0 Å². The second kappa shape index (κ2) is 5.52. The summed E-state index contributed by atoms with van der Waals surface area (Å²) in [5, 5.41) is 14.4. The molecule has 0 aliphatic carbocycles. The average molecular weight is 273 g/mol. The molecule has 2 heterocycles. The lowest BCUT2D eigenvalue weighted by Gasteiger charge is -2.04. The van der Waals surface area contributed by atoms with Crippen molar-refractivity contribution in [3.63, 3.8) is 0 Å². The Balaban J connectivity index is 1.56. The maximum Gasteiger partial charge on any atom is 0.193 e. The third kappa shape index (κ3) is 2.84. The van der Waals surface area contributed by atoms with E-state index >= 15 is 0 Å². The fraction of sp³-hybridized carbons (Fsp3) is 0.214. The summed E-state index contributed by atoms with van der Waals surface area (Å²) < 4.78 is 2.04. The number of nitrogens with one attached hydrogen (secondary N) is 1. The number of thiazole rings is 1. The Hall–Kier alpha value is -1.69. The summed E-state index contributed by atoms with van der Waals surface area (Å²) >= 11 is 1.64. The lowest BCUT2D eigenvalue weighted by molar-refractivity contribution is 0.282. The van der Waals surface area contributed by atoms with Crippen LogP contribution in [0.1, 0.15) is 16.8 Å². The van der Waals surface area contributed by atoms with Gasteiger partial charge in [0.25, 0.3) is 0 Å². The topological polar surface area (TPSA) is 49.6 Å². The molecule has 0 aliphatic heterocycles. The largest absolute Gasteiger partial charge is 0.392 e. The van der Waals surface area contributed by atoms with E-state index in [-0.39, 0.29) is 6.61 Å². The molecule has 98 valence electrons. The van der Waals surface area contributed by atoms with E-state index in [1.54, 1.807) is 11.3 Å². The van der Waals surface area contributed by atoms with Crippen LogP contribution in [-0.2, 0) is 19.7 Å². The van der Waals surface area contributed by atoms with Crippen LogP contribution in [0, 0.1) is 0 Å². The van der Waals surface area contributed by atoms with Crippen molar-refractivity contribution in [2.75, 3.05) is 0 Å². The first kappa shape index (κ1) is 12.3. The summed E-state index contributed by atoms with van der Waals surface area (Å²) in [6.45, 7) is 1.66. The van der Waals surface area contributed by atoms with Crippen LogP contribution in [0.3, 0.4) is 0 Å². The minimum atomic E-state index is 0.0963. The van der Waals surface area contributed by atoms with E-state index in [0.29, 0.717) is 0 Å². The molecule has 3 rings (SSSR count). The molecule has 0 amide bonds. The van der Waals surface area contributed by atoms with Gasteiger partial charge in [0, 0.05) is 30.9 Å². The Kier molecular flexibility index (Phi) is 3.59. The van der Waals surface area contributed by atoms with Crippen LogP contribution in [0.4, 0.5) is 0 Å². The van der Waals surface area contributed by atoms with Gasteiger partial charge in [-0.05, 0) is 11.1 Å². The lowest BCUT2D eigenvalue weighted by atomic mass is 10.1. The van der Waals surface area contributed by atoms with Gasteiger partial charge in [-0.1, -0.05) is 24.3 Å². The highest BCUT2D eigenvalue weighted by Gasteiger charge is 2.01. The van der Waals surface area contributed by atoms with Crippen molar-refractivity contribution in [3.8, 4) is 0 Å². The second-order valence-corrected chi connectivity index (χ2v) is 5.28. The maximum absolute atomic E-state index is 8.98. The van der Waals surface area contributed by atoms with Gasteiger partial charge in [-0.3, -0.25) is 4.40 Å². The molecule has 1 aromatic carbocycles. The molecule has 0 saturated heterocycles. The number of aliphatic hydroxyl groups is 1. The number of imidazole rings is 1. The number of benzene rings is 1. The standard InChI is InChI=1S/C14H15N3OS/c18-10-12-3-1-11(2-4-12)7-15-8-13-9-17-5-6-19-14(17)16-13/h1-6,9,15,18H,7-8,10H2. The zero-order valence-corrected chi connectivity index (χ0v) is 11.2. The zero-order valence-electron chi connectivity index (χ0n) is 10.4. The minimum absolute atomic E-state index is 0.0963. The number of hydrogen-bond acceptors (Lipinski definition) is 4. The Labute approximate surface area is 115 Å². The van der Waals surface area contributed by atoms with Crippen LogP contribution < -0.4 is 5.32 Å². The van der Waals surface area contributed by atoms with Crippen molar-refractivity contribution in [2.24, 2.45) is 0 Å². The number of aliphatic hydroxyl groups excluding tert-OH is 1. The average Bonchev–Trinajstić information content (AvgIpc) is 3.00. The molecule has 0 radical (unpaired) electrons. The van der Waals surface area contributed by atoms with Gasteiger partial charge in [-0.2, -0.15) is 0 Å². The first-order valence-electron chi connectivity index (χ1n) is 6.15. The van der Waals surface area contributed by atoms with Crippen molar-refractivity contribution < 1.29 is 5.11 Å². The fourth-order valence-corrected chi connectivity index (χ4v) is 2.68. The maximum atomic E-state index is 8.98. The van der Waals surface area contributed by atoms with Gasteiger partial charge in [-0.15, -0.1) is 11.3 Å². The van der Waals surface area contributed by atoms with Crippen LogP contribution in [0.2, 0.25) is 0 Å². The SMILES string of the molecule is OCc1ccc(CNCc2cn3ccsc3n2)cc1. The molecule has 4 nitrogen and oxygen atoms in total. The highest BCUT2D eigenvalue weighted by molar-refractivity contribution is 7.15. The van der Waals surface area contributed by atoms with Crippen LogP contribution >= 0.6 is 11.3 Å². The third-order valence-corrected chi connectivity index (χ3v) is 3.75. The molecule has 0 atom stereocenters. The summed E-state index contributed by atoms with van der Waals surface area (Å²) in [5.74, 6) is 0. The predicted molar refractivity (Wildman–Crippen MR) is 76.0 cm³/mol. The van der Waals surface area contributed by atoms with Gasteiger partial charge in [-0.25, -0.2) is 4.98 Å². The van der Waals surface area contributed by atoms with E-state index in [1.165, 1.54) is 5.56 Å². The zero-order chi connectivity index (χ0) is 13.1. The predicted octanol–water partition coefficient (Wildman–Crippen LogP) is 2.18. The highest BCUT2D eigenvalue weighted by atomic mass is 32.1. The molecule has 0 fully saturated rings. The van der Waals surface area contributed by atoms with Crippen molar-refractivity contribution >= 4 is 16.3 Å². The summed E-state index contributed by atoms with van der Waals surface area (Å²) in [6, 6.07) is 7.96.